The van der Waals surface area contributed by atoms with Gasteiger partial charge in [-0.05, 0) is 56.5 Å². The molecule has 0 saturated heterocycles. The number of rotatable bonds is 8. The maximum Gasteiger partial charge on any atom is 0.273 e. The minimum atomic E-state index is -0.399. The predicted octanol–water partition coefficient (Wildman–Crippen LogP) is 3.11. The molecule has 3 rings (SSSR count). The second-order valence-corrected chi connectivity index (χ2v) is 8.13. The van der Waals surface area contributed by atoms with Gasteiger partial charge in [0, 0.05) is 13.5 Å². The lowest BCUT2D eigenvalue weighted by atomic mass is 10.1. The maximum atomic E-state index is 12.6. The summed E-state index contributed by atoms with van der Waals surface area (Å²) in [7, 11) is 1.53. The van der Waals surface area contributed by atoms with Crippen molar-refractivity contribution in [3.63, 3.8) is 0 Å². The molecule has 2 amide bonds. The van der Waals surface area contributed by atoms with E-state index in [-0.39, 0.29) is 23.4 Å². The highest BCUT2D eigenvalue weighted by molar-refractivity contribution is 5.93. The SMILES string of the molecule is CNC(=O)c1nc2cc(C)c(C)cc2n(CC(Cc2ccccc2)OC(C)C)c1=NC=O. The fourth-order valence-corrected chi connectivity index (χ4v) is 3.76. The molecule has 1 atom stereocenters. The molecule has 1 aromatic heterocycles. The molecular formula is C25H30N4O3. The lowest BCUT2D eigenvalue weighted by Gasteiger charge is -2.24. The van der Waals surface area contributed by atoms with E-state index in [0.717, 1.165) is 22.2 Å². The average Bonchev–Trinajstić information content (AvgIpc) is 2.76. The highest BCUT2D eigenvalue weighted by Gasteiger charge is 2.20. The highest BCUT2D eigenvalue weighted by Crippen LogP contribution is 2.19. The van der Waals surface area contributed by atoms with Gasteiger partial charge in [0.2, 0.25) is 6.41 Å². The molecule has 32 heavy (non-hydrogen) atoms. The number of nitrogens with one attached hydrogen (secondary N) is 1. The van der Waals surface area contributed by atoms with Crippen molar-refractivity contribution in [2.75, 3.05) is 7.05 Å². The van der Waals surface area contributed by atoms with Crippen molar-refractivity contribution in [3.05, 3.63) is 70.3 Å². The van der Waals surface area contributed by atoms with Gasteiger partial charge in [-0.25, -0.2) is 4.98 Å². The van der Waals surface area contributed by atoms with Gasteiger partial charge < -0.3 is 14.6 Å². The van der Waals surface area contributed by atoms with E-state index in [9.17, 15) is 9.59 Å². The number of fused-ring (bicyclic) bond motifs is 1. The van der Waals surface area contributed by atoms with E-state index >= 15 is 0 Å². The van der Waals surface area contributed by atoms with E-state index in [2.05, 4.69) is 27.4 Å². The normalized spacial score (nSPS) is 12.9. The zero-order chi connectivity index (χ0) is 23.3. The molecule has 1 heterocycles. The van der Waals surface area contributed by atoms with Crippen molar-refractivity contribution in [1.29, 1.82) is 0 Å². The number of aryl methyl sites for hydroxylation is 2. The van der Waals surface area contributed by atoms with E-state index in [1.165, 1.54) is 7.05 Å². The Balaban J connectivity index is 2.23. The minimum Gasteiger partial charge on any atom is -0.373 e. The van der Waals surface area contributed by atoms with Crippen molar-refractivity contribution < 1.29 is 14.3 Å². The third-order valence-electron chi connectivity index (χ3n) is 5.36. The van der Waals surface area contributed by atoms with Gasteiger partial charge in [0.1, 0.15) is 0 Å². The molecule has 0 aliphatic rings. The van der Waals surface area contributed by atoms with Crippen LogP contribution in [-0.4, -0.2) is 41.1 Å². The summed E-state index contributed by atoms with van der Waals surface area (Å²) in [5.41, 5.74) is 5.09. The smallest absolute Gasteiger partial charge is 0.273 e. The molecule has 7 heteroatoms. The van der Waals surface area contributed by atoms with Crippen LogP contribution in [0.4, 0.5) is 0 Å². The van der Waals surface area contributed by atoms with E-state index < -0.39 is 5.91 Å². The van der Waals surface area contributed by atoms with Crippen LogP contribution in [0.5, 0.6) is 0 Å². The zero-order valence-electron chi connectivity index (χ0n) is 19.3. The summed E-state index contributed by atoms with van der Waals surface area (Å²) in [6.45, 7) is 8.42. The number of carbonyl (C=O) groups is 2. The number of benzene rings is 2. The molecule has 0 aliphatic carbocycles. The summed E-state index contributed by atoms with van der Waals surface area (Å²) in [6, 6.07) is 14.1. The lowest BCUT2D eigenvalue weighted by Crippen LogP contribution is -2.38. The van der Waals surface area contributed by atoms with Crippen molar-refractivity contribution in [3.8, 4) is 0 Å². The first kappa shape index (κ1) is 23.3. The van der Waals surface area contributed by atoms with Gasteiger partial charge in [0.05, 0.1) is 29.8 Å². The molecule has 0 saturated carbocycles. The molecule has 168 valence electrons. The molecule has 2 aromatic carbocycles. The van der Waals surface area contributed by atoms with Crippen LogP contribution in [0.3, 0.4) is 0 Å². The molecule has 0 aliphatic heterocycles. The van der Waals surface area contributed by atoms with Crippen LogP contribution in [-0.2, 0) is 22.5 Å². The summed E-state index contributed by atoms with van der Waals surface area (Å²) < 4.78 is 8.13. The summed E-state index contributed by atoms with van der Waals surface area (Å²) in [6.07, 6.45) is 0.929. The highest BCUT2D eigenvalue weighted by atomic mass is 16.5. The first-order valence-corrected chi connectivity index (χ1v) is 10.7. The summed E-state index contributed by atoms with van der Waals surface area (Å²) in [5.74, 6) is -0.399. The van der Waals surface area contributed by atoms with Crippen LogP contribution in [0.25, 0.3) is 11.0 Å². The second kappa shape index (κ2) is 10.3. The zero-order valence-corrected chi connectivity index (χ0v) is 19.3. The number of hydrogen-bond acceptors (Lipinski definition) is 4. The van der Waals surface area contributed by atoms with Gasteiger partial charge in [0.25, 0.3) is 5.91 Å². The molecule has 1 unspecified atom stereocenters. The third-order valence-corrected chi connectivity index (χ3v) is 5.36. The predicted molar refractivity (Wildman–Crippen MR) is 124 cm³/mol. The number of hydrogen-bond donors (Lipinski definition) is 1. The molecule has 0 spiro atoms. The summed E-state index contributed by atoms with van der Waals surface area (Å²) in [4.78, 5) is 32.6. The van der Waals surface area contributed by atoms with Crippen LogP contribution in [0, 0.1) is 13.8 Å². The van der Waals surface area contributed by atoms with Crippen LogP contribution in [0.2, 0.25) is 0 Å². The Hall–Kier alpha value is -3.32. The topological polar surface area (TPSA) is 85.6 Å². The molecule has 7 nitrogen and oxygen atoms in total. The molecular weight excluding hydrogens is 404 g/mol. The Morgan fingerprint density at radius 1 is 1.19 bits per heavy atom. The van der Waals surface area contributed by atoms with Gasteiger partial charge in [-0.3, -0.25) is 9.59 Å². The van der Waals surface area contributed by atoms with Gasteiger partial charge in [-0.15, -0.1) is 0 Å². The fraction of sp³-hybridized carbons (Fsp3) is 0.360. The monoisotopic (exact) mass is 434 g/mol. The van der Waals surface area contributed by atoms with Crippen LogP contribution < -0.4 is 10.8 Å². The van der Waals surface area contributed by atoms with Crippen LogP contribution in [0.15, 0.2) is 47.5 Å². The molecule has 0 bridgehead atoms. The van der Waals surface area contributed by atoms with Crippen molar-refractivity contribution in [1.82, 2.24) is 14.9 Å². The van der Waals surface area contributed by atoms with E-state index in [4.69, 9.17) is 4.74 Å². The first-order valence-electron chi connectivity index (χ1n) is 10.7. The van der Waals surface area contributed by atoms with Crippen LogP contribution >= 0.6 is 0 Å². The Kier molecular flexibility index (Phi) is 7.53. The van der Waals surface area contributed by atoms with Gasteiger partial charge in [-0.2, -0.15) is 4.99 Å². The standard InChI is InChI=1S/C25H30N4O3/c1-16(2)32-20(13-19-9-7-6-8-10-19)14-29-22-12-18(4)17(3)11-21(22)28-23(25(31)26-5)24(29)27-15-30/h6-12,15-16,20H,13-14H2,1-5H3,(H,26,31). The fourth-order valence-electron chi connectivity index (χ4n) is 3.76. The second-order valence-electron chi connectivity index (χ2n) is 8.13. The number of aromatic nitrogens is 2. The van der Waals surface area contributed by atoms with Crippen molar-refractivity contribution in [2.24, 2.45) is 4.99 Å². The average molecular weight is 435 g/mol. The summed E-state index contributed by atoms with van der Waals surface area (Å²) >= 11 is 0. The number of amides is 2. The third kappa shape index (κ3) is 5.29. The van der Waals surface area contributed by atoms with Gasteiger partial charge in [0.15, 0.2) is 11.2 Å². The number of carbonyl (C=O) groups excluding carboxylic acids is 2. The van der Waals surface area contributed by atoms with E-state index in [1.54, 1.807) is 0 Å². The van der Waals surface area contributed by atoms with Gasteiger partial charge >= 0.3 is 0 Å². The lowest BCUT2D eigenvalue weighted by molar-refractivity contribution is -0.107. The van der Waals surface area contributed by atoms with Crippen LogP contribution in [0.1, 0.15) is 41.0 Å². The van der Waals surface area contributed by atoms with E-state index in [0.29, 0.717) is 24.9 Å². The Morgan fingerprint density at radius 3 is 2.50 bits per heavy atom. The van der Waals surface area contributed by atoms with E-state index in [1.807, 2.05) is 62.6 Å². The van der Waals surface area contributed by atoms with Crippen molar-refractivity contribution in [2.45, 2.75) is 52.9 Å². The number of ether oxygens (including phenoxy) is 1. The molecule has 3 aromatic rings. The Morgan fingerprint density at radius 2 is 1.88 bits per heavy atom. The quantitative estimate of drug-likeness (QED) is 0.552. The van der Waals surface area contributed by atoms with Crippen molar-refractivity contribution >= 4 is 23.4 Å². The minimum absolute atomic E-state index is 0.00580. The Bertz CT molecular complexity index is 1180. The largest absolute Gasteiger partial charge is 0.373 e. The molecule has 0 fully saturated rings. The molecule has 1 N–H and O–H groups in total. The maximum absolute atomic E-state index is 12.6. The van der Waals surface area contributed by atoms with Gasteiger partial charge in [-0.1, -0.05) is 30.3 Å². The summed E-state index contributed by atoms with van der Waals surface area (Å²) in [5, 5.41) is 2.60. The first-order chi connectivity index (χ1) is 15.3. The number of nitrogens with zero attached hydrogens (tertiary/aromatic N) is 3. The Labute approximate surface area is 188 Å². The molecule has 0 radical (unpaired) electrons.